The molecule has 1 aromatic carbocycles. The molecule has 0 unspecified atom stereocenters. The van der Waals surface area contributed by atoms with Crippen LogP contribution in [0.25, 0.3) is 0 Å². The predicted octanol–water partition coefficient (Wildman–Crippen LogP) is 1.65. The van der Waals surface area contributed by atoms with E-state index in [0.29, 0.717) is 18.9 Å². The first kappa shape index (κ1) is 12.6. The highest BCUT2D eigenvalue weighted by Gasteiger charge is 2.18. The van der Waals surface area contributed by atoms with Crippen LogP contribution in [-0.4, -0.2) is 17.5 Å². The number of fused-ring (bicyclic) bond motifs is 1. The van der Waals surface area contributed by atoms with Gasteiger partial charge in [-0.1, -0.05) is 30.3 Å². The lowest BCUT2D eigenvalue weighted by Crippen LogP contribution is -2.19. The number of nitrogens with one attached hydrogen (secondary N) is 1. The molecule has 1 aliphatic heterocycles. The second-order valence-electron chi connectivity index (χ2n) is 4.73. The Morgan fingerprint density at radius 3 is 2.95 bits per heavy atom. The van der Waals surface area contributed by atoms with Gasteiger partial charge < -0.3 is 15.8 Å². The van der Waals surface area contributed by atoms with E-state index in [0.717, 1.165) is 16.8 Å². The largest absolute Gasteiger partial charge is 0.476 e. The van der Waals surface area contributed by atoms with Crippen LogP contribution in [0.4, 0.5) is 5.69 Å². The van der Waals surface area contributed by atoms with E-state index >= 15 is 0 Å². The van der Waals surface area contributed by atoms with Gasteiger partial charge in [-0.2, -0.15) is 0 Å². The van der Waals surface area contributed by atoms with Crippen LogP contribution in [0.1, 0.15) is 17.2 Å². The van der Waals surface area contributed by atoms with Gasteiger partial charge in [0.15, 0.2) is 0 Å². The fourth-order valence-corrected chi connectivity index (χ4v) is 2.15. The lowest BCUT2D eigenvalue weighted by molar-refractivity contribution is -0.115. The molecule has 5 heteroatoms. The first-order chi connectivity index (χ1) is 9.72. The minimum atomic E-state index is -0.203. The maximum Gasteiger partial charge on any atom is 0.228 e. The van der Waals surface area contributed by atoms with Crippen molar-refractivity contribution < 1.29 is 9.53 Å². The summed E-state index contributed by atoms with van der Waals surface area (Å²) in [6.07, 6.45) is 1.99. The van der Waals surface area contributed by atoms with Crippen LogP contribution in [0.15, 0.2) is 42.6 Å². The number of ether oxygens (including phenoxy) is 1. The molecule has 3 N–H and O–H groups in total. The molecule has 0 spiro atoms. The Labute approximate surface area is 116 Å². The van der Waals surface area contributed by atoms with E-state index in [9.17, 15) is 4.79 Å². The Kier molecular flexibility index (Phi) is 3.35. The summed E-state index contributed by atoms with van der Waals surface area (Å²) in [6, 6.07) is 11.3. The molecule has 20 heavy (non-hydrogen) atoms. The highest BCUT2D eigenvalue weighted by atomic mass is 16.5. The first-order valence-corrected chi connectivity index (χ1v) is 6.44. The van der Waals surface area contributed by atoms with Crippen molar-refractivity contribution >= 4 is 11.6 Å². The Morgan fingerprint density at radius 1 is 1.35 bits per heavy atom. The highest BCUT2D eigenvalue weighted by molar-refractivity contribution is 5.98. The van der Waals surface area contributed by atoms with E-state index in [1.807, 2.05) is 30.3 Å². The molecule has 1 aliphatic rings. The van der Waals surface area contributed by atoms with Crippen molar-refractivity contribution in [3.8, 4) is 5.88 Å². The molecule has 102 valence electrons. The second kappa shape index (κ2) is 5.30. The van der Waals surface area contributed by atoms with Gasteiger partial charge in [0.05, 0.1) is 24.3 Å². The van der Waals surface area contributed by atoms with Crippen molar-refractivity contribution in [2.45, 2.75) is 12.5 Å². The van der Waals surface area contributed by atoms with Gasteiger partial charge >= 0.3 is 0 Å². The Morgan fingerprint density at radius 2 is 2.15 bits per heavy atom. The molecule has 2 aromatic rings. The first-order valence-electron chi connectivity index (χ1n) is 6.44. The molecule has 5 nitrogen and oxygen atoms in total. The monoisotopic (exact) mass is 269 g/mol. The number of aromatic nitrogens is 1. The zero-order valence-electron chi connectivity index (χ0n) is 10.9. The number of nitrogens with zero attached hydrogens (tertiary/aromatic N) is 1. The standard InChI is InChI=1S/C15H15N3O2/c16-12(10-4-2-1-3-5-10)9-20-15-7-11-6-14(19)18-13(11)8-17-15/h1-5,7-8,12H,6,9,16H2,(H,18,19)/t12-/m0/s1. The Hall–Kier alpha value is -2.40. The molecule has 0 aliphatic carbocycles. The molecule has 0 fully saturated rings. The number of pyridine rings is 1. The number of benzene rings is 1. The molecule has 0 radical (unpaired) electrons. The topological polar surface area (TPSA) is 77.2 Å². The van der Waals surface area contributed by atoms with Crippen LogP contribution in [0, 0.1) is 0 Å². The lowest BCUT2D eigenvalue weighted by Gasteiger charge is -2.13. The SMILES string of the molecule is N[C@@H](COc1cc2c(cn1)NC(=O)C2)c1ccccc1. The summed E-state index contributed by atoms with van der Waals surface area (Å²) in [5.41, 5.74) is 8.75. The van der Waals surface area contributed by atoms with Crippen LogP contribution < -0.4 is 15.8 Å². The van der Waals surface area contributed by atoms with E-state index < -0.39 is 0 Å². The number of carbonyl (C=O) groups excluding carboxylic acids is 1. The second-order valence-corrected chi connectivity index (χ2v) is 4.73. The zero-order chi connectivity index (χ0) is 13.9. The van der Waals surface area contributed by atoms with Crippen LogP contribution in [0.5, 0.6) is 5.88 Å². The van der Waals surface area contributed by atoms with Crippen molar-refractivity contribution in [1.82, 2.24) is 4.98 Å². The fraction of sp³-hybridized carbons (Fsp3) is 0.200. The molecule has 1 amide bonds. The highest BCUT2D eigenvalue weighted by Crippen LogP contribution is 2.25. The number of amides is 1. The van der Waals surface area contributed by atoms with E-state index in [2.05, 4.69) is 10.3 Å². The minimum Gasteiger partial charge on any atom is -0.476 e. The summed E-state index contributed by atoms with van der Waals surface area (Å²) >= 11 is 0. The number of hydrogen-bond donors (Lipinski definition) is 2. The van der Waals surface area contributed by atoms with Gasteiger partial charge in [0.25, 0.3) is 0 Å². The van der Waals surface area contributed by atoms with Gasteiger partial charge in [-0.05, 0) is 11.1 Å². The maximum atomic E-state index is 11.3. The number of nitrogens with two attached hydrogens (primary N) is 1. The van der Waals surface area contributed by atoms with Crippen LogP contribution in [0.2, 0.25) is 0 Å². The van der Waals surface area contributed by atoms with Crippen LogP contribution in [-0.2, 0) is 11.2 Å². The van der Waals surface area contributed by atoms with Crippen molar-refractivity contribution in [3.63, 3.8) is 0 Å². The average molecular weight is 269 g/mol. The number of rotatable bonds is 4. The molecular weight excluding hydrogens is 254 g/mol. The predicted molar refractivity (Wildman–Crippen MR) is 75.4 cm³/mol. The number of hydrogen-bond acceptors (Lipinski definition) is 4. The quantitative estimate of drug-likeness (QED) is 0.884. The summed E-state index contributed by atoms with van der Waals surface area (Å²) in [6.45, 7) is 0.344. The van der Waals surface area contributed by atoms with Gasteiger partial charge in [0.1, 0.15) is 6.61 Å². The number of anilines is 1. The molecule has 0 saturated heterocycles. The van der Waals surface area contributed by atoms with Gasteiger partial charge in [0.2, 0.25) is 11.8 Å². The van der Waals surface area contributed by atoms with Gasteiger partial charge in [-0.25, -0.2) is 4.98 Å². The summed E-state index contributed by atoms with van der Waals surface area (Å²) < 4.78 is 5.61. The summed E-state index contributed by atoms with van der Waals surface area (Å²) in [5.74, 6) is 0.478. The van der Waals surface area contributed by atoms with Gasteiger partial charge in [0, 0.05) is 6.07 Å². The van der Waals surface area contributed by atoms with Crippen LogP contribution >= 0.6 is 0 Å². The van der Waals surface area contributed by atoms with Crippen molar-refractivity contribution in [3.05, 3.63) is 53.7 Å². The zero-order valence-corrected chi connectivity index (χ0v) is 10.9. The molecule has 0 bridgehead atoms. The molecule has 0 saturated carbocycles. The molecule has 2 heterocycles. The molecular formula is C15H15N3O2. The van der Waals surface area contributed by atoms with E-state index in [4.69, 9.17) is 10.5 Å². The maximum absolute atomic E-state index is 11.3. The number of carbonyl (C=O) groups is 1. The van der Waals surface area contributed by atoms with Gasteiger partial charge in [-0.15, -0.1) is 0 Å². The molecule has 3 rings (SSSR count). The van der Waals surface area contributed by atoms with E-state index in [-0.39, 0.29) is 11.9 Å². The van der Waals surface area contributed by atoms with Gasteiger partial charge in [-0.3, -0.25) is 4.79 Å². The lowest BCUT2D eigenvalue weighted by atomic mass is 10.1. The Balaban J connectivity index is 1.65. The summed E-state index contributed by atoms with van der Waals surface area (Å²) in [7, 11) is 0. The fourth-order valence-electron chi connectivity index (χ4n) is 2.15. The van der Waals surface area contributed by atoms with E-state index in [1.165, 1.54) is 0 Å². The third-order valence-electron chi connectivity index (χ3n) is 3.23. The third-order valence-corrected chi connectivity index (χ3v) is 3.23. The summed E-state index contributed by atoms with van der Waals surface area (Å²) in [5, 5.41) is 2.73. The minimum absolute atomic E-state index is 0.0139. The van der Waals surface area contributed by atoms with Crippen molar-refractivity contribution in [1.29, 1.82) is 0 Å². The molecule has 1 atom stereocenters. The third kappa shape index (κ3) is 2.62. The summed E-state index contributed by atoms with van der Waals surface area (Å²) in [4.78, 5) is 15.4. The van der Waals surface area contributed by atoms with Crippen molar-refractivity contribution in [2.75, 3.05) is 11.9 Å². The van der Waals surface area contributed by atoms with Crippen LogP contribution in [0.3, 0.4) is 0 Å². The average Bonchev–Trinajstić information content (AvgIpc) is 2.85. The smallest absolute Gasteiger partial charge is 0.228 e. The molecule has 1 aromatic heterocycles. The Bertz CT molecular complexity index is 628. The normalized spacial score (nSPS) is 14.6. The van der Waals surface area contributed by atoms with Crippen molar-refractivity contribution in [2.24, 2.45) is 5.73 Å². The van der Waals surface area contributed by atoms with E-state index in [1.54, 1.807) is 12.3 Å².